The van der Waals surface area contributed by atoms with Crippen molar-refractivity contribution in [2.45, 2.75) is 39.2 Å². The van der Waals surface area contributed by atoms with Gasteiger partial charge in [-0.25, -0.2) is 9.59 Å². The quantitative estimate of drug-likeness (QED) is 0.314. The lowest BCUT2D eigenvalue weighted by molar-refractivity contribution is -0.152. The van der Waals surface area contributed by atoms with Gasteiger partial charge >= 0.3 is 11.6 Å². The number of benzene rings is 2. The Morgan fingerprint density at radius 3 is 2.57 bits per heavy atom. The monoisotopic (exact) mass is 380 g/mol. The summed E-state index contributed by atoms with van der Waals surface area (Å²) in [5, 5.41) is 0.803. The second-order valence-corrected chi connectivity index (χ2v) is 6.54. The van der Waals surface area contributed by atoms with Crippen molar-refractivity contribution >= 4 is 16.9 Å². The van der Waals surface area contributed by atoms with Gasteiger partial charge in [0.2, 0.25) is 0 Å². The Morgan fingerprint density at radius 2 is 1.86 bits per heavy atom. The van der Waals surface area contributed by atoms with E-state index in [9.17, 15) is 9.59 Å². The molecule has 1 atom stereocenters. The molecule has 0 aliphatic carbocycles. The van der Waals surface area contributed by atoms with E-state index in [2.05, 4.69) is 0 Å². The molecule has 28 heavy (non-hydrogen) atoms. The molecular formula is C23H24O5. The van der Waals surface area contributed by atoms with Crippen molar-refractivity contribution in [2.24, 2.45) is 0 Å². The maximum atomic E-state index is 12.2. The number of fused-ring (bicyclic) bond motifs is 1. The summed E-state index contributed by atoms with van der Waals surface area (Å²) in [4.78, 5) is 24.2. The highest BCUT2D eigenvalue weighted by Gasteiger charge is 2.20. The molecular weight excluding hydrogens is 356 g/mol. The molecule has 0 radical (unpaired) electrons. The van der Waals surface area contributed by atoms with Crippen molar-refractivity contribution in [3.05, 3.63) is 65.0 Å². The molecule has 1 heterocycles. The largest absolute Gasteiger partial charge is 0.479 e. The highest BCUT2D eigenvalue weighted by atomic mass is 16.6. The van der Waals surface area contributed by atoms with Crippen LogP contribution in [0.25, 0.3) is 22.1 Å². The average molecular weight is 380 g/mol. The van der Waals surface area contributed by atoms with Gasteiger partial charge in [0.25, 0.3) is 0 Å². The van der Waals surface area contributed by atoms with Gasteiger partial charge < -0.3 is 13.9 Å². The van der Waals surface area contributed by atoms with Gasteiger partial charge in [-0.05, 0) is 36.1 Å². The highest BCUT2D eigenvalue weighted by molar-refractivity contribution is 5.93. The standard InChI is InChI=1S/C23H24O5/c1-3-5-13-26-23(25)20(4-2)27-17-11-12-18-19(16-9-7-6-8-10-16)15-22(24)28-21(18)14-17/h6-12,14-15,20H,3-5,13H2,1-2H3/t20-/m1/s1. The van der Waals surface area contributed by atoms with Gasteiger partial charge in [0, 0.05) is 17.5 Å². The number of hydrogen-bond acceptors (Lipinski definition) is 5. The molecule has 0 aliphatic heterocycles. The number of hydrogen-bond donors (Lipinski definition) is 0. The Balaban J connectivity index is 1.88. The van der Waals surface area contributed by atoms with E-state index in [4.69, 9.17) is 13.9 Å². The zero-order valence-electron chi connectivity index (χ0n) is 16.1. The summed E-state index contributed by atoms with van der Waals surface area (Å²) < 4.78 is 16.4. The van der Waals surface area contributed by atoms with Gasteiger partial charge in [-0.15, -0.1) is 0 Å². The van der Waals surface area contributed by atoms with Crippen LogP contribution in [0.5, 0.6) is 5.75 Å². The van der Waals surface area contributed by atoms with Crippen molar-refractivity contribution in [2.75, 3.05) is 6.61 Å². The first-order valence-corrected chi connectivity index (χ1v) is 9.59. The third-order valence-electron chi connectivity index (χ3n) is 4.46. The van der Waals surface area contributed by atoms with E-state index in [-0.39, 0.29) is 5.97 Å². The molecule has 1 aromatic heterocycles. The van der Waals surface area contributed by atoms with Crippen molar-refractivity contribution in [1.29, 1.82) is 0 Å². The summed E-state index contributed by atoms with van der Waals surface area (Å²) in [5.74, 6) is 0.0793. The molecule has 0 bridgehead atoms. The third-order valence-corrected chi connectivity index (χ3v) is 4.46. The van der Waals surface area contributed by atoms with Gasteiger partial charge in [0.05, 0.1) is 6.61 Å². The molecule has 0 unspecified atom stereocenters. The number of ether oxygens (including phenoxy) is 2. The predicted octanol–water partition coefficient (Wildman–Crippen LogP) is 4.96. The van der Waals surface area contributed by atoms with Gasteiger partial charge in [-0.3, -0.25) is 0 Å². The molecule has 0 spiro atoms. The van der Waals surface area contributed by atoms with Crippen LogP contribution in [-0.2, 0) is 9.53 Å². The van der Waals surface area contributed by atoms with Crippen LogP contribution in [0, 0.1) is 0 Å². The zero-order chi connectivity index (χ0) is 19.9. The van der Waals surface area contributed by atoms with E-state index >= 15 is 0 Å². The molecule has 0 saturated heterocycles. The molecule has 5 nitrogen and oxygen atoms in total. The van der Waals surface area contributed by atoms with Gasteiger partial charge in [-0.2, -0.15) is 0 Å². The molecule has 2 aromatic carbocycles. The van der Waals surface area contributed by atoms with Crippen LogP contribution in [0.4, 0.5) is 0 Å². The molecule has 0 saturated carbocycles. The molecule has 3 rings (SSSR count). The number of carbonyl (C=O) groups excluding carboxylic acids is 1. The van der Waals surface area contributed by atoms with Crippen molar-refractivity contribution in [3.63, 3.8) is 0 Å². The van der Waals surface area contributed by atoms with E-state index < -0.39 is 11.7 Å². The van der Waals surface area contributed by atoms with Crippen LogP contribution in [0.1, 0.15) is 33.1 Å². The number of rotatable bonds is 8. The molecule has 0 N–H and O–H groups in total. The smallest absolute Gasteiger partial charge is 0.347 e. The summed E-state index contributed by atoms with van der Waals surface area (Å²) in [5.41, 5.74) is 1.71. The topological polar surface area (TPSA) is 65.7 Å². The zero-order valence-corrected chi connectivity index (χ0v) is 16.1. The van der Waals surface area contributed by atoms with Crippen molar-refractivity contribution in [1.82, 2.24) is 0 Å². The molecule has 5 heteroatoms. The van der Waals surface area contributed by atoms with Crippen LogP contribution in [0.2, 0.25) is 0 Å². The highest BCUT2D eigenvalue weighted by Crippen LogP contribution is 2.30. The third kappa shape index (κ3) is 4.60. The number of esters is 1. The second-order valence-electron chi connectivity index (χ2n) is 6.54. The molecule has 0 fully saturated rings. The van der Waals surface area contributed by atoms with E-state index in [0.29, 0.717) is 24.4 Å². The lowest BCUT2D eigenvalue weighted by Gasteiger charge is -2.17. The fourth-order valence-electron chi connectivity index (χ4n) is 2.95. The van der Waals surface area contributed by atoms with Crippen LogP contribution < -0.4 is 10.4 Å². The first-order chi connectivity index (χ1) is 13.6. The Hall–Kier alpha value is -3.08. The van der Waals surface area contributed by atoms with E-state index in [1.807, 2.05) is 50.2 Å². The lowest BCUT2D eigenvalue weighted by atomic mass is 10.0. The molecule has 3 aromatic rings. The summed E-state index contributed by atoms with van der Waals surface area (Å²) in [6, 6.07) is 16.4. The fraction of sp³-hybridized carbons (Fsp3) is 0.304. The maximum Gasteiger partial charge on any atom is 0.347 e. The predicted molar refractivity (Wildman–Crippen MR) is 108 cm³/mol. The summed E-state index contributed by atoms with van der Waals surface area (Å²) >= 11 is 0. The summed E-state index contributed by atoms with van der Waals surface area (Å²) in [7, 11) is 0. The van der Waals surface area contributed by atoms with Gasteiger partial charge in [0.1, 0.15) is 11.3 Å². The van der Waals surface area contributed by atoms with E-state index in [1.54, 1.807) is 12.1 Å². The van der Waals surface area contributed by atoms with Crippen molar-refractivity contribution in [3.8, 4) is 16.9 Å². The summed E-state index contributed by atoms with van der Waals surface area (Å²) in [6.45, 7) is 4.29. The maximum absolute atomic E-state index is 12.2. The van der Waals surface area contributed by atoms with E-state index in [1.165, 1.54) is 6.07 Å². The Labute approximate surface area is 163 Å². The van der Waals surface area contributed by atoms with Crippen LogP contribution in [0.3, 0.4) is 0 Å². The van der Waals surface area contributed by atoms with Crippen LogP contribution in [-0.4, -0.2) is 18.7 Å². The van der Waals surface area contributed by atoms with Gasteiger partial charge in [-0.1, -0.05) is 50.6 Å². The second kappa shape index (κ2) is 9.22. The minimum Gasteiger partial charge on any atom is -0.479 e. The summed E-state index contributed by atoms with van der Waals surface area (Å²) in [6.07, 6.45) is 1.57. The fourth-order valence-corrected chi connectivity index (χ4v) is 2.95. The number of unbranched alkanes of at least 4 members (excludes halogenated alkanes) is 1. The van der Waals surface area contributed by atoms with E-state index in [0.717, 1.165) is 29.4 Å². The first-order valence-electron chi connectivity index (χ1n) is 9.59. The first kappa shape index (κ1) is 19.7. The molecule has 146 valence electrons. The molecule has 0 amide bonds. The normalized spacial score (nSPS) is 11.9. The van der Waals surface area contributed by atoms with Crippen molar-refractivity contribution < 1.29 is 18.7 Å². The van der Waals surface area contributed by atoms with Crippen LogP contribution in [0.15, 0.2) is 63.8 Å². The lowest BCUT2D eigenvalue weighted by Crippen LogP contribution is -2.29. The molecule has 0 aliphatic rings. The Morgan fingerprint density at radius 1 is 1.07 bits per heavy atom. The van der Waals surface area contributed by atoms with Crippen LogP contribution >= 0.6 is 0 Å². The Bertz CT molecular complexity index is 991. The SMILES string of the molecule is CCCCOC(=O)[C@@H](CC)Oc1ccc2c(-c3ccccc3)cc(=O)oc2c1. The minimum absolute atomic E-state index is 0.379. The Kier molecular flexibility index (Phi) is 6.48. The minimum atomic E-state index is -0.696. The number of carbonyl (C=O) groups is 1. The average Bonchev–Trinajstić information content (AvgIpc) is 2.71. The van der Waals surface area contributed by atoms with Gasteiger partial charge in [0.15, 0.2) is 6.10 Å².